The fourth-order valence-corrected chi connectivity index (χ4v) is 1.85. The molecule has 1 amide bonds. The number of anilines is 2. The SMILES string of the molecule is Nc1cnc(Cl)nc1N1CC(Cl)CC1=O. The minimum Gasteiger partial charge on any atom is -0.394 e. The molecular weight excluding hydrogens is 239 g/mol. The van der Waals surface area contributed by atoms with Gasteiger partial charge in [-0.1, -0.05) is 0 Å². The van der Waals surface area contributed by atoms with Crippen molar-refractivity contribution in [2.75, 3.05) is 17.2 Å². The van der Waals surface area contributed by atoms with Gasteiger partial charge in [-0.3, -0.25) is 9.69 Å². The second-order valence-corrected chi connectivity index (χ2v) is 4.18. The average Bonchev–Trinajstić information content (AvgIpc) is 2.50. The fourth-order valence-electron chi connectivity index (χ4n) is 1.45. The smallest absolute Gasteiger partial charge is 0.229 e. The van der Waals surface area contributed by atoms with E-state index in [4.69, 9.17) is 28.9 Å². The van der Waals surface area contributed by atoms with Crippen molar-refractivity contribution in [2.24, 2.45) is 0 Å². The fraction of sp³-hybridized carbons (Fsp3) is 0.375. The number of carbonyl (C=O) groups is 1. The summed E-state index contributed by atoms with van der Waals surface area (Å²) >= 11 is 11.5. The summed E-state index contributed by atoms with van der Waals surface area (Å²) in [4.78, 5) is 20.6. The van der Waals surface area contributed by atoms with Crippen molar-refractivity contribution in [1.29, 1.82) is 0 Å². The first-order valence-corrected chi connectivity index (χ1v) is 5.12. The van der Waals surface area contributed by atoms with Crippen LogP contribution in [-0.2, 0) is 4.79 Å². The van der Waals surface area contributed by atoms with E-state index in [0.717, 1.165) is 0 Å². The van der Waals surface area contributed by atoms with Gasteiger partial charge in [-0.25, -0.2) is 4.98 Å². The third-order valence-corrected chi connectivity index (χ3v) is 2.57. The lowest BCUT2D eigenvalue weighted by atomic mass is 10.4. The zero-order valence-electron chi connectivity index (χ0n) is 7.65. The predicted octanol–water partition coefficient (Wildman–Crippen LogP) is 1.06. The minimum atomic E-state index is -0.203. The highest BCUT2D eigenvalue weighted by Gasteiger charge is 2.31. The highest BCUT2D eigenvalue weighted by molar-refractivity contribution is 6.28. The molecule has 1 atom stereocenters. The first-order chi connectivity index (χ1) is 7.08. The van der Waals surface area contributed by atoms with E-state index in [-0.39, 0.29) is 16.6 Å². The van der Waals surface area contributed by atoms with Crippen molar-refractivity contribution >= 4 is 40.6 Å². The molecule has 1 aliphatic rings. The maximum atomic E-state index is 11.5. The van der Waals surface area contributed by atoms with Gasteiger partial charge in [0.25, 0.3) is 0 Å². The van der Waals surface area contributed by atoms with Crippen LogP contribution in [0, 0.1) is 0 Å². The number of nitrogen functional groups attached to an aromatic ring is 1. The van der Waals surface area contributed by atoms with Gasteiger partial charge in [-0.05, 0) is 11.6 Å². The molecule has 5 nitrogen and oxygen atoms in total. The van der Waals surface area contributed by atoms with Crippen molar-refractivity contribution in [2.45, 2.75) is 11.8 Å². The summed E-state index contributed by atoms with van der Waals surface area (Å²) in [5, 5.41) is -0.143. The Balaban J connectivity index is 2.37. The number of nitrogens with two attached hydrogens (primary N) is 1. The Labute approximate surface area is 96.2 Å². The highest BCUT2D eigenvalue weighted by atomic mass is 35.5. The molecule has 1 aromatic heterocycles. The molecule has 1 aliphatic heterocycles. The van der Waals surface area contributed by atoms with Gasteiger partial charge in [0.15, 0.2) is 5.82 Å². The lowest BCUT2D eigenvalue weighted by Crippen LogP contribution is -2.26. The summed E-state index contributed by atoms with van der Waals surface area (Å²) in [5.74, 6) is 0.236. The molecule has 1 fully saturated rings. The van der Waals surface area contributed by atoms with Crippen molar-refractivity contribution in [3.63, 3.8) is 0 Å². The molecule has 1 aromatic rings. The van der Waals surface area contributed by atoms with Crippen LogP contribution in [0.1, 0.15) is 6.42 Å². The first kappa shape index (κ1) is 10.4. The molecule has 0 radical (unpaired) electrons. The van der Waals surface area contributed by atoms with Crippen molar-refractivity contribution in [3.05, 3.63) is 11.5 Å². The van der Waals surface area contributed by atoms with E-state index in [9.17, 15) is 4.79 Å². The van der Waals surface area contributed by atoms with Crippen LogP contribution in [0.3, 0.4) is 0 Å². The van der Waals surface area contributed by atoms with Crippen LogP contribution in [-0.4, -0.2) is 27.8 Å². The minimum absolute atomic E-state index is 0.0602. The average molecular weight is 247 g/mol. The topological polar surface area (TPSA) is 72.1 Å². The van der Waals surface area contributed by atoms with Crippen LogP contribution in [0.15, 0.2) is 6.20 Å². The number of rotatable bonds is 1. The molecule has 2 N–H and O–H groups in total. The highest BCUT2D eigenvalue weighted by Crippen LogP contribution is 2.27. The van der Waals surface area contributed by atoms with E-state index in [1.54, 1.807) is 0 Å². The summed E-state index contributed by atoms with van der Waals surface area (Å²) in [7, 11) is 0. The molecule has 7 heteroatoms. The van der Waals surface area contributed by atoms with E-state index < -0.39 is 0 Å². The molecule has 1 unspecified atom stereocenters. The molecule has 0 spiro atoms. The van der Waals surface area contributed by atoms with Gasteiger partial charge >= 0.3 is 0 Å². The molecule has 2 heterocycles. The summed E-state index contributed by atoms with van der Waals surface area (Å²) in [6.45, 7) is 0.401. The molecule has 0 saturated carbocycles. The summed E-state index contributed by atoms with van der Waals surface area (Å²) in [6, 6.07) is 0. The Kier molecular flexibility index (Phi) is 2.67. The Morgan fingerprint density at radius 3 is 2.93 bits per heavy atom. The summed E-state index contributed by atoms with van der Waals surface area (Å²) in [5.41, 5.74) is 5.97. The van der Waals surface area contributed by atoms with Crippen LogP contribution >= 0.6 is 23.2 Å². The quantitative estimate of drug-likeness (QED) is 0.594. The van der Waals surface area contributed by atoms with Crippen LogP contribution < -0.4 is 10.6 Å². The maximum absolute atomic E-state index is 11.5. The molecule has 0 bridgehead atoms. The summed E-state index contributed by atoms with van der Waals surface area (Å²) in [6.07, 6.45) is 1.67. The Bertz CT molecular complexity index is 412. The first-order valence-electron chi connectivity index (χ1n) is 4.30. The van der Waals surface area contributed by atoms with Crippen LogP contribution in [0.2, 0.25) is 5.28 Å². The Morgan fingerprint density at radius 2 is 2.33 bits per heavy atom. The molecule has 2 rings (SSSR count). The standard InChI is InChI=1S/C8H8Cl2N4O/c9-4-1-6(15)14(3-4)7-5(11)2-12-8(10)13-7/h2,4H,1,3,11H2. The molecule has 80 valence electrons. The van der Waals surface area contributed by atoms with Gasteiger partial charge in [0.2, 0.25) is 11.2 Å². The second-order valence-electron chi connectivity index (χ2n) is 3.22. The molecular formula is C8H8Cl2N4O. The third kappa shape index (κ3) is 1.98. The predicted molar refractivity (Wildman–Crippen MR) is 58.1 cm³/mol. The lowest BCUT2D eigenvalue weighted by Gasteiger charge is -2.16. The summed E-state index contributed by atoms with van der Waals surface area (Å²) < 4.78 is 0. The number of alkyl halides is 1. The van der Waals surface area contributed by atoms with Gasteiger partial charge < -0.3 is 5.73 Å². The van der Waals surface area contributed by atoms with Crippen LogP contribution in [0.25, 0.3) is 0 Å². The Morgan fingerprint density at radius 1 is 1.60 bits per heavy atom. The largest absolute Gasteiger partial charge is 0.394 e. The van der Waals surface area contributed by atoms with E-state index in [0.29, 0.717) is 24.5 Å². The Hall–Kier alpha value is -1.07. The van der Waals surface area contributed by atoms with Gasteiger partial charge in [0, 0.05) is 13.0 Å². The van der Waals surface area contributed by atoms with E-state index in [1.807, 2.05) is 0 Å². The van der Waals surface area contributed by atoms with Crippen molar-refractivity contribution in [3.8, 4) is 0 Å². The molecule has 15 heavy (non-hydrogen) atoms. The normalized spacial score (nSPS) is 21.1. The van der Waals surface area contributed by atoms with Crippen LogP contribution in [0.5, 0.6) is 0 Å². The lowest BCUT2D eigenvalue weighted by molar-refractivity contribution is -0.117. The maximum Gasteiger partial charge on any atom is 0.229 e. The number of amides is 1. The zero-order valence-corrected chi connectivity index (χ0v) is 9.16. The van der Waals surface area contributed by atoms with Crippen molar-refractivity contribution in [1.82, 2.24) is 9.97 Å². The van der Waals surface area contributed by atoms with Gasteiger partial charge in [-0.15, -0.1) is 11.6 Å². The monoisotopic (exact) mass is 246 g/mol. The number of hydrogen-bond donors (Lipinski definition) is 1. The number of carbonyl (C=O) groups excluding carboxylic acids is 1. The molecule has 0 aromatic carbocycles. The third-order valence-electron chi connectivity index (χ3n) is 2.10. The number of halogens is 2. The number of hydrogen-bond acceptors (Lipinski definition) is 4. The van der Waals surface area contributed by atoms with E-state index >= 15 is 0 Å². The second kappa shape index (κ2) is 3.83. The number of aromatic nitrogens is 2. The molecule has 1 saturated heterocycles. The number of nitrogens with zero attached hydrogens (tertiary/aromatic N) is 3. The zero-order chi connectivity index (χ0) is 11.0. The van der Waals surface area contributed by atoms with Crippen LogP contribution in [0.4, 0.5) is 11.5 Å². The molecule has 0 aliphatic carbocycles. The van der Waals surface area contributed by atoms with Crippen molar-refractivity contribution < 1.29 is 4.79 Å². The van der Waals surface area contributed by atoms with E-state index in [2.05, 4.69) is 9.97 Å². The van der Waals surface area contributed by atoms with Gasteiger partial charge in [-0.2, -0.15) is 4.98 Å². The van der Waals surface area contributed by atoms with Gasteiger partial charge in [0.1, 0.15) is 0 Å². The van der Waals surface area contributed by atoms with Gasteiger partial charge in [0.05, 0.1) is 17.3 Å². The van der Waals surface area contributed by atoms with E-state index in [1.165, 1.54) is 11.1 Å².